The van der Waals surface area contributed by atoms with Crippen LogP contribution >= 0.6 is 0 Å². The summed E-state index contributed by atoms with van der Waals surface area (Å²) in [5.74, 6) is -1.14. The second kappa shape index (κ2) is 7.11. The number of hydrogen-bond acceptors (Lipinski definition) is 3. The fraction of sp³-hybridized carbons (Fsp3) is 0.812. The quantitative estimate of drug-likeness (QED) is 0.720. The number of carbonyl (C=O) groups is 3. The summed E-state index contributed by atoms with van der Waals surface area (Å²) >= 11 is 0. The van der Waals surface area contributed by atoms with E-state index in [0.717, 1.165) is 19.3 Å². The Morgan fingerprint density at radius 3 is 2.14 bits per heavy atom. The molecule has 126 valence electrons. The third kappa shape index (κ3) is 4.71. The number of carbonyl (C=O) groups excluding carboxylic acids is 2. The molecule has 0 saturated heterocycles. The van der Waals surface area contributed by atoms with E-state index in [1.54, 1.807) is 20.8 Å². The molecule has 3 N–H and O–H groups in total. The molecule has 1 rings (SSSR count). The molecule has 2 amide bonds. The fourth-order valence-corrected chi connectivity index (χ4v) is 2.71. The highest BCUT2D eigenvalue weighted by Gasteiger charge is 2.42. The molecule has 0 aromatic rings. The van der Waals surface area contributed by atoms with Gasteiger partial charge in [-0.15, -0.1) is 0 Å². The van der Waals surface area contributed by atoms with Crippen LogP contribution < -0.4 is 10.6 Å². The molecule has 0 heterocycles. The Hall–Kier alpha value is -1.59. The van der Waals surface area contributed by atoms with Crippen molar-refractivity contribution in [1.29, 1.82) is 0 Å². The molecule has 0 atom stereocenters. The normalized spacial score (nSPS) is 25.4. The predicted molar refractivity (Wildman–Crippen MR) is 83.2 cm³/mol. The van der Waals surface area contributed by atoms with Crippen molar-refractivity contribution < 1.29 is 19.5 Å². The lowest BCUT2D eigenvalue weighted by Crippen LogP contribution is -2.58. The zero-order valence-electron chi connectivity index (χ0n) is 14.0. The van der Waals surface area contributed by atoms with E-state index in [1.165, 1.54) is 0 Å². The van der Waals surface area contributed by atoms with Gasteiger partial charge in [0.15, 0.2) is 0 Å². The topological polar surface area (TPSA) is 95.5 Å². The lowest BCUT2D eigenvalue weighted by Gasteiger charge is -2.37. The molecule has 0 spiro atoms. The molecule has 1 aliphatic carbocycles. The Morgan fingerprint density at radius 1 is 1.18 bits per heavy atom. The minimum absolute atomic E-state index is 0.192. The summed E-state index contributed by atoms with van der Waals surface area (Å²) in [5, 5.41) is 14.7. The number of carboxylic acids is 1. The van der Waals surface area contributed by atoms with Gasteiger partial charge in [-0.25, -0.2) is 4.79 Å². The molecule has 0 bridgehead atoms. The zero-order valence-corrected chi connectivity index (χ0v) is 14.0. The number of aliphatic carboxylic acids is 1. The maximum absolute atomic E-state index is 12.0. The summed E-state index contributed by atoms with van der Waals surface area (Å²) in [6, 6.07) is 0. The Kier molecular flexibility index (Phi) is 5.97. The van der Waals surface area contributed by atoms with Crippen molar-refractivity contribution in [3.8, 4) is 0 Å². The second-order valence-corrected chi connectivity index (χ2v) is 7.22. The largest absolute Gasteiger partial charge is 0.480 e. The van der Waals surface area contributed by atoms with E-state index < -0.39 is 22.8 Å². The van der Waals surface area contributed by atoms with Gasteiger partial charge in [0.25, 0.3) is 0 Å². The Bertz CT molecular complexity index is 432. The second-order valence-electron chi connectivity index (χ2n) is 7.22. The number of nitrogens with one attached hydrogen (secondary N) is 2. The first-order chi connectivity index (χ1) is 10.1. The van der Waals surface area contributed by atoms with Crippen molar-refractivity contribution in [3.63, 3.8) is 0 Å². The standard InChI is InChI=1S/C16H28N2O4/c1-5-11-6-8-16(9-7-11,14(21)22)18-12(19)10-17-13(20)15(2,3)4/h11H,5-10H2,1-4H3,(H,17,20)(H,18,19)(H,21,22). The smallest absolute Gasteiger partial charge is 0.329 e. The monoisotopic (exact) mass is 312 g/mol. The molecule has 22 heavy (non-hydrogen) atoms. The average molecular weight is 312 g/mol. The van der Waals surface area contributed by atoms with Crippen LogP contribution in [0.4, 0.5) is 0 Å². The molecule has 1 saturated carbocycles. The van der Waals surface area contributed by atoms with Gasteiger partial charge in [-0.2, -0.15) is 0 Å². The van der Waals surface area contributed by atoms with E-state index in [0.29, 0.717) is 18.8 Å². The van der Waals surface area contributed by atoms with Crippen LogP contribution in [0.3, 0.4) is 0 Å². The Balaban J connectivity index is 2.59. The molecule has 0 radical (unpaired) electrons. The summed E-state index contributed by atoms with van der Waals surface area (Å²) in [6.45, 7) is 7.17. The van der Waals surface area contributed by atoms with E-state index in [2.05, 4.69) is 17.6 Å². The van der Waals surface area contributed by atoms with Crippen molar-refractivity contribution in [2.24, 2.45) is 11.3 Å². The minimum Gasteiger partial charge on any atom is -0.480 e. The van der Waals surface area contributed by atoms with Crippen LogP contribution in [0.1, 0.15) is 59.8 Å². The molecule has 6 nitrogen and oxygen atoms in total. The maximum atomic E-state index is 12.0. The Labute approximate surface area is 132 Å². The van der Waals surface area contributed by atoms with Crippen LogP contribution in [0, 0.1) is 11.3 Å². The summed E-state index contributed by atoms with van der Waals surface area (Å²) in [7, 11) is 0. The number of carboxylic acid groups (broad SMARTS) is 1. The number of rotatable bonds is 5. The molecule has 0 aromatic heterocycles. The highest BCUT2D eigenvalue weighted by molar-refractivity contribution is 5.91. The van der Waals surface area contributed by atoms with Crippen molar-refractivity contribution in [3.05, 3.63) is 0 Å². The lowest BCUT2D eigenvalue weighted by atomic mass is 9.75. The average Bonchev–Trinajstić information content (AvgIpc) is 2.44. The summed E-state index contributed by atoms with van der Waals surface area (Å²) < 4.78 is 0. The Morgan fingerprint density at radius 2 is 1.73 bits per heavy atom. The molecule has 1 aliphatic rings. The first-order valence-corrected chi connectivity index (χ1v) is 7.93. The van der Waals surface area contributed by atoms with Crippen LogP contribution in [0.15, 0.2) is 0 Å². The first kappa shape index (κ1) is 18.5. The van der Waals surface area contributed by atoms with E-state index in [1.807, 2.05) is 0 Å². The van der Waals surface area contributed by atoms with Crippen molar-refractivity contribution in [1.82, 2.24) is 10.6 Å². The van der Waals surface area contributed by atoms with Crippen molar-refractivity contribution >= 4 is 17.8 Å². The van der Waals surface area contributed by atoms with Crippen LogP contribution in [0.25, 0.3) is 0 Å². The number of hydrogen-bond donors (Lipinski definition) is 3. The van der Waals surface area contributed by atoms with Crippen LogP contribution in [0.5, 0.6) is 0 Å². The van der Waals surface area contributed by atoms with Crippen LogP contribution in [0.2, 0.25) is 0 Å². The van der Waals surface area contributed by atoms with Gasteiger partial charge < -0.3 is 15.7 Å². The summed E-state index contributed by atoms with van der Waals surface area (Å²) in [6.07, 6.45) is 3.53. The molecule has 1 fully saturated rings. The molecular formula is C16H28N2O4. The van der Waals surface area contributed by atoms with Crippen molar-refractivity contribution in [2.45, 2.75) is 65.3 Å². The van der Waals surface area contributed by atoms with E-state index >= 15 is 0 Å². The van der Waals surface area contributed by atoms with Crippen LogP contribution in [-0.4, -0.2) is 35.0 Å². The lowest BCUT2D eigenvalue weighted by molar-refractivity contribution is -0.149. The van der Waals surface area contributed by atoms with E-state index in [-0.39, 0.29) is 12.5 Å². The van der Waals surface area contributed by atoms with Crippen LogP contribution in [-0.2, 0) is 14.4 Å². The molecular weight excluding hydrogens is 284 g/mol. The third-order valence-corrected chi connectivity index (χ3v) is 4.41. The van der Waals surface area contributed by atoms with Gasteiger partial charge in [0.1, 0.15) is 5.54 Å². The minimum atomic E-state index is -1.19. The van der Waals surface area contributed by atoms with Crippen molar-refractivity contribution in [2.75, 3.05) is 6.54 Å². The van der Waals surface area contributed by atoms with Gasteiger partial charge in [-0.05, 0) is 31.6 Å². The highest BCUT2D eigenvalue weighted by Crippen LogP contribution is 2.33. The third-order valence-electron chi connectivity index (χ3n) is 4.41. The molecule has 6 heteroatoms. The van der Waals surface area contributed by atoms with Gasteiger partial charge in [0, 0.05) is 5.41 Å². The fourth-order valence-electron chi connectivity index (χ4n) is 2.71. The highest BCUT2D eigenvalue weighted by atomic mass is 16.4. The SMILES string of the molecule is CCC1CCC(NC(=O)CNC(=O)C(C)(C)C)(C(=O)O)CC1. The molecule has 0 aromatic carbocycles. The maximum Gasteiger partial charge on any atom is 0.329 e. The van der Waals surface area contributed by atoms with Gasteiger partial charge in [0.2, 0.25) is 11.8 Å². The van der Waals surface area contributed by atoms with Gasteiger partial charge in [-0.1, -0.05) is 34.1 Å². The predicted octanol–water partition coefficient (Wildman–Crippen LogP) is 1.69. The van der Waals surface area contributed by atoms with Gasteiger partial charge in [0.05, 0.1) is 6.54 Å². The van der Waals surface area contributed by atoms with Gasteiger partial charge in [-0.3, -0.25) is 9.59 Å². The van der Waals surface area contributed by atoms with Gasteiger partial charge >= 0.3 is 5.97 Å². The molecule has 0 aliphatic heterocycles. The summed E-state index contributed by atoms with van der Waals surface area (Å²) in [5.41, 5.74) is -1.76. The first-order valence-electron chi connectivity index (χ1n) is 7.93. The summed E-state index contributed by atoms with van der Waals surface area (Å²) in [4.78, 5) is 35.4. The molecule has 0 unspecified atom stereocenters. The zero-order chi connectivity index (χ0) is 17.0. The number of amides is 2. The van der Waals surface area contributed by atoms with E-state index in [9.17, 15) is 19.5 Å². The van der Waals surface area contributed by atoms with E-state index in [4.69, 9.17) is 0 Å².